The van der Waals surface area contributed by atoms with E-state index >= 15 is 0 Å². The Balaban J connectivity index is 1.36. The fourth-order valence-corrected chi connectivity index (χ4v) is 4.40. The summed E-state index contributed by atoms with van der Waals surface area (Å²) < 4.78 is 22.5. The van der Waals surface area contributed by atoms with Crippen LogP contribution in [0.2, 0.25) is 0 Å². The topological polar surface area (TPSA) is 107 Å². The first-order chi connectivity index (χ1) is 19.1. The molecule has 10 heteroatoms. The predicted molar refractivity (Wildman–Crippen MR) is 151 cm³/mol. The molecule has 0 spiro atoms. The lowest BCUT2D eigenvalue weighted by molar-refractivity contribution is 0.0384. The summed E-state index contributed by atoms with van der Waals surface area (Å²) in [6.45, 7) is 7.33. The van der Waals surface area contributed by atoms with Gasteiger partial charge in [-0.2, -0.15) is 4.98 Å². The number of oxazole rings is 1. The third-order valence-electron chi connectivity index (χ3n) is 6.50. The summed E-state index contributed by atoms with van der Waals surface area (Å²) in [7, 11) is 3.23. The highest BCUT2D eigenvalue weighted by atomic mass is 16.5. The molecule has 1 aliphatic heterocycles. The number of rotatable bonds is 11. The average Bonchev–Trinajstić information content (AvgIpc) is 3.41. The van der Waals surface area contributed by atoms with Crippen molar-refractivity contribution in [1.82, 2.24) is 19.9 Å². The van der Waals surface area contributed by atoms with Crippen LogP contribution < -0.4 is 20.1 Å². The van der Waals surface area contributed by atoms with Crippen molar-refractivity contribution in [2.75, 3.05) is 64.2 Å². The number of nitrogens with one attached hydrogen (secondary N) is 2. The molecule has 0 bridgehead atoms. The van der Waals surface area contributed by atoms with E-state index in [-0.39, 0.29) is 0 Å². The number of morpholine rings is 1. The van der Waals surface area contributed by atoms with Gasteiger partial charge < -0.3 is 29.3 Å². The molecule has 2 aromatic carbocycles. The van der Waals surface area contributed by atoms with E-state index in [1.165, 1.54) is 5.56 Å². The van der Waals surface area contributed by atoms with Crippen LogP contribution in [0.25, 0.3) is 22.7 Å². The molecule has 1 fully saturated rings. The van der Waals surface area contributed by atoms with Gasteiger partial charge in [-0.3, -0.25) is 4.90 Å². The summed E-state index contributed by atoms with van der Waals surface area (Å²) >= 11 is 0. The number of methoxy groups -OCH3 is 2. The zero-order valence-electron chi connectivity index (χ0n) is 22.6. The minimum atomic E-state index is 0.407. The van der Waals surface area contributed by atoms with Crippen LogP contribution in [0, 0.1) is 0 Å². The fraction of sp³-hybridized carbons (Fsp3) is 0.345. The second-order valence-electron chi connectivity index (χ2n) is 9.12. The molecular weight excluding hydrogens is 496 g/mol. The first kappa shape index (κ1) is 26.5. The van der Waals surface area contributed by atoms with E-state index in [0.29, 0.717) is 47.2 Å². The quantitative estimate of drug-likeness (QED) is 0.279. The number of anilines is 3. The number of benzene rings is 2. The highest BCUT2D eigenvalue weighted by molar-refractivity contribution is 5.78. The Labute approximate surface area is 228 Å². The summed E-state index contributed by atoms with van der Waals surface area (Å²) in [4.78, 5) is 16.3. The Morgan fingerprint density at radius 3 is 2.38 bits per heavy atom. The second kappa shape index (κ2) is 12.6. The summed E-state index contributed by atoms with van der Waals surface area (Å²) in [6, 6.07) is 16.2. The van der Waals surface area contributed by atoms with Crippen molar-refractivity contribution in [2.24, 2.45) is 0 Å². The lowest BCUT2D eigenvalue weighted by atomic mass is 10.1. The molecule has 10 nitrogen and oxygen atoms in total. The molecule has 0 amide bonds. The smallest absolute Gasteiger partial charge is 0.295 e. The summed E-state index contributed by atoms with van der Waals surface area (Å²) in [5, 5.41) is 6.45. The van der Waals surface area contributed by atoms with Gasteiger partial charge in [-0.1, -0.05) is 12.1 Å². The standard InChI is InChI=1S/C29H34N6O4/c1-4-30-29-34-26(21-17-23(36-2)19-24(18-21)37-3)27(39-29)25-9-11-31-28(33-25)32-22-7-5-20(6-8-22)10-12-35-13-15-38-16-14-35/h5-9,11,17-19H,4,10,12-16H2,1-3H3,(H,30,34)(H,31,32,33). The summed E-state index contributed by atoms with van der Waals surface area (Å²) in [5.41, 5.74) is 4.21. The van der Waals surface area contributed by atoms with Crippen LogP contribution in [0.1, 0.15) is 12.5 Å². The molecule has 5 rings (SSSR count). The van der Waals surface area contributed by atoms with Crippen molar-refractivity contribution in [2.45, 2.75) is 13.3 Å². The number of aromatic nitrogens is 3. The van der Waals surface area contributed by atoms with Gasteiger partial charge in [-0.25, -0.2) is 9.97 Å². The van der Waals surface area contributed by atoms with Gasteiger partial charge in [0.15, 0.2) is 5.76 Å². The molecule has 2 aromatic heterocycles. The van der Waals surface area contributed by atoms with E-state index in [1.54, 1.807) is 26.5 Å². The Bertz CT molecular complexity index is 1350. The Kier molecular flexibility index (Phi) is 8.55. The van der Waals surface area contributed by atoms with Crippen molar-refractivity contribution in [3.8, 4) is 34.2 Å². The van der Waals surface area contributed by atoms with Crippen molar-refractivity contribution >= 4 is 17.7 Å². The van der Waals surface area contributed by atoms with E-state index in [4.69, 9.17) is 28.6 Å². The zero-order valence-corrected chi connectivity index (χ0v) is 22.6. The van der Waals surface area contributed by atoms with E-state index in [1.807, 2.05) is 25.1 Å². The van der Waals surface area contributed by atoms with Crippen LogP contribution in [-0.2, 0) is 11.2 Å². The van der Waals surface area contributed by atoms with Gasteiger partial charge in [-0.15, -0.1) is 0 Å². The number of nitrogens with zero attached hydrogens (tertiary/aromatic N) is 4. The lowest BCUT2D eigenvalue weighted by Crippen LogP contribution is -2.37. The number of hydrogen-bond donors (Lipinski definition) is 2. The SMILES string of the molecule is CCNc1nc(-c2cc(OC)cc(OC)c2)c(-c2ccnc(Nc3ccc(CCN4CCOCC4)cc3)n2)o1. The van der Waals surface area contributed by atoms with Gasteiger partial charge in [-0.05, 0) is 49.2 Å². The number of ether oxygens (including phenoxy) is 3. The van der Waals surface area contributed by atoms with Gasteiger partial charge in [0.05, 0.1) is 27.4 Å². The lowest BCUT2D eigenvalue weighted by Gasteiger charge is -2.26. The van der Waals surface area contributed by atoms with Crippen molar-refractivity contribution < 1.29 is 18.6 Å². The van der Waals surface area contributed by atoms with Crippen LogP contribution in [-0.4, -0.2) is 73.5 Å². The van der Waals surface area contributed by atoms with E-state index in [2.05, 4.69) is 44.8 Å². The van der Waals surface area contributed by atoms with Crippen molar-refractivity contribution in [1.29, 1.82) is 0 Å². The van der Waals surface area contributed by atoms with Gasteiger partial charge >= 0.3 is 0 Å². The highest BCUT2D eigenvalue weighted by Gasteiger charge is 2.20. The molecule has 204 valence electrons. The van der Waals surface area contributed by atoms with Crippen LogP contribution in [0.15, 0.2) is 59.1 Å². The van der Waals surface area contributed by atoms with Crippen molar-refractivity contribution in [3.05, 3.63) is 60.3 Å². The number of hydrogen-bond acceptors (Lipinski definition) is 10. The minimum Gasteiger partial charge on any atom is -0.497 e. The minimum absolute atomic E-state index is 0.407. The molecule has 0 radical (unpaired) electrons. The van der Waals surface area contributed by atoms with E-state index in [9.17, 15) is 0 Å². The maximum atomic E-state index is 6.11. The molecule has 0 unspecified atom stereocenters. The van der Waals surface area contributed by atoms with Crippen LogP contribution in [0.5, 0.6) is 11.5 Å². The van der Waals surface area contributed by atoms with E-state index < -0.39 is 0 Å². The largest absolute Gasteiger partial charge is 0.497 e. The van der Waals surface area contributed by atoms with Crippen LogP contribution >= 0.6 is 0 Å². The first-order valence-corrected chi connectivity index (χ1v) is 13.1. The molecule has 3 heterocycles. The molecule has 0 atom stereocenters. The molecule has 2 N–H and O–H groups in total. The monoisotopic (exact) mass is 530 g/mol. The van der Waals surface area contributed by atoms with Crippen LogP contribution in [0.3, 0.4) is 0 Å². The van der Waals surface area contributed by atoms with E-state index in [0.717, 1.165) is 50.5 Å². The van der Waals surface area contributed by atoms with Crippen molar-refractivity contribution in [3.63, 3.8) is 0 Å². The summed E-state index contributed by atoms with van der Waals surface area (Å²) in [5.74, 6) is 2.29. The first-order valence-electron chi connectivity index (χ1n) is 13.1. The van der Waals surface area contributed by atoms with Crippen LogP contribution in [0.4, 0.5) is 17.7 Å². The molecule has 0 saturated carbocycles. The average molecular weight is 531 g/mol. The van der Waals surface area contributed by atoms with Gasteiger partial charge in [0, 0.05) is 49.7 Å². The fourth-order valence-electron chi connectivity index (χ4n) is 4.40. The molecule has 39 heavy (non-hydrogen) atoms. The summed E-state index contributed by atoms with van der Waals surface area (Å²) in [6.07, 6.45) is 2.70. The predicted octanol–water partition coefficient (Wildman–Crippen LogP) is 4.87. The molecular formula is C29H34N6O4. The Morgan fingerprint density at radius 1 is 0.949 bits per heavy atom. The normalized spacial score (nSPS) is 13.7. The van der Waals surface area contributed by atoms with Gasteiger partial charge in [0.2, 0.25) is 5.95 Å². The Hall–Kier alpha value is -4.15. The molecule has 1 saturated heterocycles. The van der Waals surface area contributed by atoms with Gasteiger partial charge in [0.25, 0.3) is 6.01 Å². The third-order valence-corrected chi connectivity index (χ3v) is 6.50. The third kappa shape index (κ3) is 6.65. The highest BCUT2D eigenvalue weighted by Crippen LogP contribution is 2.37. The maximum absolute atomic E-state index is 6.11. The zero-order chi connectivity index (χ0) is 27.0. The second-order valence-corrected chi connectivity index (χ2v) is 9.12. The Morgan fingerprint density at radius 2 is 1.69 bits per heavy atom. The molecule has 4 aromatic rings. The van der Waals surface area contributed by atoms with Gasteiger partial charge in [0.1, 0.15) is 22.9 Å². The molecule has 1 aliphatic rings. The molecule has 0 aliphatic carbocycles. The maximum Gasteiger partial charge on any atom is 0.295 e.